The van der Waals surface area contributed by atoms with Crippen LogP contribution in [0.15, 0.2) is 104 Å². The summed E-state index contributed by atoms with van der Waals surface area (Å²) in [7, 11) is 11.3. The molecule has 2 unspecified atom stereocenters. The number of rotatable bonds is 15. The monoisotopic (exact) mass is 1300 g/mol. The molecule has 0 amide bonds. The Balaban J connectivity index is 0.000000193. The number of halogens is 2. The van der Waals surface area contributed by atoms with E-state index in [9.17, 15) is 9.59 Å². The number of carbonyl (C=O) groups excluding carboxylic acids is 2. The van der Waals surface area contributed by atoms with Crippen molar-refractivity contribution in [2.45, 2.75) is 244 Å². The molecule has 0 N–H and O–H groups in total. The summed E-state index contributed by atoms with van der Waals surface area (Å²) >= 11 is -1.61. The van der Waals surface area contributed by atoms with Crippen molar-refractivity contribution in [3.8, 4) is 0 Å². The van der Waals surface area contributed by atoms with Gasteiger partial charge in [0.05, 0.1) is 17.0 Å². The summed E-state index contributed by atoms with van der Waals surface area (Å²) in [5.74, 6) is 0. The quantitative estimate of drug-likeness (QED) is 0.0372. The van der Waals surface area contributed by atoms with Crippen LogP contribution in [0.3, 0.4) is 0 Å². The molecule has 6 fully saturated rings. The zero-order chi connectivity index (χ0) is 60.3. The number of unbranched alkanes of at least 4 members (excludes halogenated alkanes) is 5. The first kappa shape index (κ1) is 71.0. The second kappa shape index (κ2) is 41.4. The Labute approximate surface area is 524 Å². The molecule has 2 atom stereocenters. The van der Waals surface area contributed by atoms with E-state index in [1.807, 2.05) is 47.1 Å². The van der Waals surface area contributed by atoms with Gasteiger partial charge in [0.1, 0.15) is 13.2 Å². The molecule has 0 aromatic heterocycles. The minimum absolute atomic E-state index is 0.0465. The van der Waals surface area contributed by atoms with Crippen molar-refractivity contribution >= 4 is 55.6 Å². The molecule has 84 heavy (non-hydrogen) atoms. The number of benzene rings is 3. The van der Waals surface area contributed by atoms with E-state index in [2.05, 4.69) is 128 Å². The molecular formula is C72H107Cl2N2O6PRu. The number of ether oxygens (including phenoxy) is 4. The Morgan fingerprint density at radius 3 is 1.37 bits per heavy atom. The van der Waals surface area contributed by atoms with Crippen LogP contribution < -0.4 is 9.80 Å². The summed E-state index contributed by atoms with van der Waals surface area (Å²) in [5.41, 5.74) is 15.6. The third-order valence-electron chi connectivity index (χ3n) is 17.0. The molecule has 3 aromatic rings. The van der Waals surface area contributed by atoms with Gasteiger partial charge in [-0.15, -0.1) is 6.58 Å². The molecule has 7 aliphatic rings. The van der Waals surface area contributed by atoms with Crippen molar-refractivity contribution < 1.29 is 42.1 Å². The van der Waals surface area contributed by atoms with E-state index < -0.39 is 25.8 Å². The molecule has 4 aliphatic carbocycles. The molecule has 3 heterocycles. The van der Waals surface area contributed by atoms with Crippen LogP contribution in [0.5, 0.6) is 0 Å². The fourth-order valence-electron chi connectivity index (χ4n) is 13.2. The molecule has 12 heteroatoms. The molecule has 10 rings (SSSR count). The normalized spacial score (nSPS) is 20.2. The Morgan fingerprint density at radius 1 is 0.571 bits per heavy atom. The third-order valence-corrected chi connectivity index (χ3v) is 23.4. The number of cyclic esters (lactones) is 4. The zero-order valence-electron chi connectivity index (χ0n) is 52.5. The molecule has 3 aromatic carbocycles. The van der Waals surface area contributed by atoms with Crippen molar-refractivity contribution in [3.05, 3.63) is 150 Å². The molecule has 3 aliphatic heterocycles. The van der Waals surface area contributed by atoms with Crippen molar-refractivity contribution in [3.63, 3.8) is 0 Å². The molecule has 0 radical (unpaired) electrons. The summed E-state index contributed by atoms with van der Waals surface area (Å²) in [4.78, 5) is 25.5. The van der Waals surface area contributed by atoms with Crippen LogP contribution in [0.1, 0.15) is 212 Å². The van der Waals surface area contributed by atoms with Crippen LogP contribution >= 0.6 is 27.3 Å². The number of allylic oxidation sites excluding steroid dienone is 4. The van der Waals surface area contributed by atoms with Gasteiger partial charge in [-0.05, 0) is 204 Å². The van der Waals surface area contributed by atoms with Crippen LogP contribution in [0, 0.1) is 48.2 Å². The third kappa shape index (κ3) is 27.1. The van der Waals surface area contributed by atoms with E-state index in [0.29, 0.717) is 13.2 Å². The van der Waals surface area contributed by atoms with Gasteiger partial charge in [-0.25, -0.2) is 9.59 Å². The van der Waals surface area contributed by atoms with Crippen molar-refractivity contribution in [1.82, 2.24) is 0 Å². The molecule has 0 bridgehead atoms. The summed E-state index contributed by atoms with van der Waals surface area (Å²) in [6.07, 6.45) is 49.8. The van der Waals surface area contributed by atoms with E-state index in [-0.39, 0.29) is 20.1 Å². The van der Waals surface area contributed by atoms with E-state index in [1.165, 1.54) is 132 Å². The second-order valence-corrected chi connectivity index (χ2v) is 33.2. The van der Waals surface area contributed by atoms with Gasteiger partial charge in [0.2, 0.25) is 0 Å². The van der Waals surface area contributed by atoms with Gasteiger partial charge in [-0.3, -0.25) is 0 Å². The van der Waals surface area contributed by atoms with Crippen LogP contribution in [-0.4, -0.2) is 72.4 Å². The Morgan fingerprint density at radius 2 is 0.988 bits per heavy atom. The van der Waals surface area contributed by atoms with Gasteiger partial charge in [0.25, 0.3) is 0 Å². The van der Waals surface area contributed by atoms with Gasteiger partial charge < -0.3 is 28.7 Å². The van der Waals surface area contributed by atoms with Gasteiger partial charge >= 0.3 is 85.7 Å². The average molecular weight is 1300 g/mol. The van der Waals surface area contributed by atoms with E-state index >= 15 is 0 Å². The summed E-state index contributed by atoms with van der Waals surface area (Å²) in [6, 6.07) is 19.0. The molecule has 8 nitrogen and oxygen atoms in total. The minimum atomic E-state index is -1.61. The van der Waals surface area contributed by atoms with Crippen LogP contribution in [0.4, 0.5) is 21.0 Å². The van der Waals surface area contributed by atoms with E-state index in [4.69, 9.17) is 24.1 Å². The van der Waals surface area contributed by atoms with Crippen LogP contribution in [-0.2, 0) is 32.5 Å². The first-order chi connectivity index (χ1) is 40.8. The Kier molecular flexibility index (Phi) is 35.0. The molecule has 3 saturated carbocycles. The number of nitrogens with zero attached hydrogens (tertiary/aromatic N) is 2. The second-order valence-electron chi connectivity index (χ2n) is 24.1. The van der Waals surface area contributed by atoms with Crippen molar-refractivity contribution in [1.29, 1.82) is 0 Å². The summed E-state index contributed by atoms with van der Waals surface area (Å²) in [5, 5.41) is 0. The van der Waals surface area contributed by atoms with Gasteiger partial charge in [0, 0.05) is 32.4 Å². The SMILES string of the molecule is C1=CCCCCCC1.C1CCC([PH+](C2CCCCC2)C2CCCCC2)CC1.C=CC1COC(=O)O1.C=CCCCCCCC=CC1COC(=O)O1.Cc1cc(C)c(N2[CH-]N(c3c(C)cc(C)cc3C)CC2)c(C)c1.[Cl][Ru]([Cl])=[CH]c1ccccc1. The number of anilines is 2. The Bertz CT molecular complexity index is 2320. The fourth-order valence-corrected chi connectivity index (χ4v) is 20.2. The first-order valence-corrected chi connectivity index (χ1v) is 39.5. The topological polar surface area (TPSA) is 77.5 Å². The summed E-state index contributed by atoms with van der Waals surface area (Å²) < 4.78 is 20.4. The van der Waals surface area contributed by atoms with Gasteiger partial charge in [-0.2, -0.15) is 6.67 Å². The molecule has 3 saturated heterocycles. The first-order valence-electron chi connectivity index (χ1n) is 32.3. The standard InChI is InChI=1S/C21H27N2.C18H33P.C13H20O3.C8H14.C7H6.C5H6O3.2ClH.Ru/c1-14-9-16(3)20(17(4)10-14)22-7-8-23(13-22)21-18(5)11-15(2)12-19(21)6;1-4-10-16(11-5-1)19(17-12-6-2-7-13-17)18-14-8-3-9-15-18;1-2-3-4-5-6-7-8-9-10-12-11-15-13(14)16-12;1-2-4-6-8-7-5-3-1;1-7-5-3-2-4-6-7;1-2-4-3-7-5(6)8-4;;;/h9-13H,7-8H2,1-6H3;16-18H,1-15H2;2,9-10,12H,1,3-8,11H2;1-2H,3-8H2;1-6H;2,4H,1,3H2;2*1H;/q-1;;;;;;;;+2/p-1. The van der Waals surface area contributed by atoms with E-state index in [0.717, 1.165) is 31.5 Å². The maximum atomic E-state index is 10.6. The number of aryl methyl sites for hydroxylation is 6. The average Bonchev–Trinajstić information content (AvgIpc) is 4.36. The fraction of sp³-hybridized carbons (Fsp3) is 0.583. The van der Waals surface area contributed by atoms with Crippen molar-refractivity contribution in [2.75, 3.05) is 36.1 Å². The van der Waals surface area contributed by atoms with Crippen LogP contribution in [0.2, 0.25) is 0 Å². The van der Waals surface area contributed by atoms with Crippen LogP contribution in [0.25, 0.3) is 0 Å². The van der Waals surface area contributed by atoms with E-state index in [1.54, 1.807) is 96.3 Å². The summed E-state index contributed by atoms with van der Waals surface area (Å²) in [6.45, 7) is 25.3. The van der Waals surface area contributed by atoms with Crippen molar-refractivity contribution in [2.24, 2.45) is 0 Å². The molecule has 468 valence electrons. The predicted molar refractivity (Wildman–Crippen MR) is 359 cm³/mol. The zero-order valence-corrected chi connectivity index (χ0v) is 56.7. The van der Waals surface area contributed by atoms with Gasteiger partial charge in [-0.1, -0.05) is 111 Å². The maximum absolute atomic E-state index is 10.6. The number of hydrogen-bond acceptors (Lipinski definition) is 8. The molecular weight excluding hydrogens is 1190 g/mol. The van der Waals surface area contributed by atoms with Gasteiger partial charge in [0.15, 0.2) is 12.2 Å². The number of carbonyl (C=O) groups is 2. The number of hydrogen-bond donors (Lipinski definition) is 0. The molecule has 0 spiro atoms. The predicted octanol–water partition coefficient (Wildman–Crippen LogP) is 21.2. The Hall–Kier alpha value is -3.74.